The van der Waals surface area contributed by atoms with E-state index < -0.39 is 6.04 Å². The highest BCUT2D eigenvalue weighted by atomic mass is 19.1. The lowest BCUT2D eigenvalue weighted by Gasteiger charge is -2.39. The number of hydrogen-bond donors (Lipinski definition) is 2. The number of halogens is 1. The van der Waals surface area contributed by atoms with Crippen LogP contribution in [0.2, 0.25) is 0 Å². The first-order valence-electron chi connectivity index (χ1n) is 9.84. The first-order chi connectivity index (χ1) is 13.5. The Bertz CT molecular complexity index is 1010. The Morgan fingerprint density at radius 1 is 1.29 bits per heavy atom. The maximum absolute atomic E-state index is 14.0. The molecule has 2 aromatic carbocycles. The molecule has 0 fully saturated rings. The van der Waals surface area contributed by atoms with Crippen LogP contribution in [0.25, 0.3) is 10.9 Å². The summed E-state index contributed by atoms with van der Waals surface area (Å²) in [5, 5.41) is 1.22. The number of aromatic amines is 1. The van der Waals surface area contributed by atoms with Crippen LogP contribution in [-0.4, -0.2) is 35.3 Å². The summed E-state index contributed by atoms with van der Waals surface area (Å²) >= 11 is 0. The van der Waals surface area contributed by atoms with Crippen molar-refractivity contribution in [1.29, 1.82) is 0 Å². The van der Waals surface area contributed by atoms with E-state index in [-0.39, 0.29) is 18.4 Å². The molecule has 2 heterocycles. The van der Waals surface area contributed by atoms with Crippen LogP contribution in [0, 0.1) is 5.82 Å². The quantitative estimate of drug-likeness (QED) is 0.661. The fourth-order valence-electron chi connectivity index (χ4n) is 4.35. The molecular weight excluding hydrogens is 353 g/mol. The smallest absolute Gasteiger partial charge is 0.138 e. The lowest BCUT2D eigenvalue weighted by atomic mass is 9.90. The summed E-state index contributed by atoms with van der Waals surface area (Å²) in [5.74, 6) is 0.170. The van der Waals surface area contributed by atoms with Crippen molar-refractivity contribution in [3.05, 3.63) is 70.7 Å². The minimum absolute atomic E-state index is 0.229. The van der Waals surface area contributed by atoms with Gasteiger partial charge < -0.3 is 15.5 Å². The van der Waals surface area contributed by atoms with Gasteiger partial charge in [-0.2, -0.15) is 0 Å². The topological polar surface area (TPSA) is 62.1 Å². The van der Waals surface area contributed by atoms with Crippen molar-refractivity contribution in [2.45, 2.75) is 38.3 Å². The van der Waals surface area contributed by atoms with Crippen molar-refractivity contribution >= 4 is 17.2 Å². The normalized spacial score (nSPS) is 18.4. The number of aromatic nitrogens is 1. The summed E-state index contributed by atoms with van der Waals surface area (Å²) in [5.41, 5.74) is 11.4. The van der Waals surface area contributed by atoms with Gasteiger partial charge in [-0.1, -0.05) is 32.0 Å². The third kappa shape index (κ3) is 3.15. The molecule has 1 aromatic heterocycles. The zero-order chi connectivity index (χ0) is 19.8. The second kappa shape index (κ2) is 7.49. The van der Waals surface area contributed by atoms with Crippen molar-refractivity contribution in [3.8, 4) is 0 Å². The van der Waals surface area contributed by atoms with Crippen LogP contribution in [-0.2, 0) is 11.2 Å². The molecule has 0 amide bonds. The van der Waals surface area contributed by atoms with Gasteiger partial charge in [-0.25, -0.2) is 4.39 Å². The van der Waals surface area contributed by atoms with Gasteiger partial charge >= 0.3 is 0 Å². The molecule has 0 bridgehead atoms. The Labute approximate surface area is 164 Å². The highest BCUT2D eigenvalue weighted by molar-refractivity contribution is 5.86. The Hall–Kier alpha value is -2.50. The van der Waals surface area contributed by atoms with Crippen molar-refractivity contribution in [2.24, 2.45) is 5.73 Å². The van der Waals surface area contributed by atoms with E-state index in [9.17, 15) is 9.18 Å². The summed E-state index contributed by atoms with van der Waals surface area (Å²) in [6.45, 7) is 5.32. The molecule has 1 aliphatic heterocycles. The van der Waals surface area contributed by atoms with Gasteiger partial charge in [0.15, 0.2) is 0 Å². The molecule has 28 heavy (non-hydrogen) atoms. The van der Waals surface area contributed by atoms with E-state index in [1.807, 2.05) is 6.07 Å². The number of rotatable bonds is 5. The molecule has 0 aliphatic carbocycles. The largest absolute Gasteiger partial charge is 0.357 e. The number of benzene rings is 2. The van der Waals surface area contributed by atoms with Crippen LogP contribution < -0.4 is 5.73 Å². The lowest BCUT2D eigenvalue weighted by molar-refractivity contribution is -0.112. The Kier molecular flexibility index (Phi) is 5.04. The van der Waals surface area contributed by atoms with E-state index in [2.05, 4.69) is 41.9 Å². The highest BCUT2D eigenvalue weighted by Gasteiger charge is 2.35. The zero-order valence-corrected chi connectivity index (χ0v) is 16.3. The molecule has 0 spiro atoms. The van der Waals surface area contributed by atoms with Gasteiger partial charge in [0.25, 0.3) is 0 Å². The molecule has 0 saturated heterocycles. The van der Waals surface area contributed by atoms with Crippen LogP contribution in [0.4, 0.5) is 4.39 Å². The molecule has 2 unspecified atom stereocenters. The number of nitrogens with zero attached hydrogens (tertiary/aromatic N) is 1. The molecule has 146 valence electrons. The molecule has 4 rings (SSSR count). The molecule has 3 N–H and O–H groups in total. The number of aldehydes is 1. The van der Waals surface area contributed by atoms with E-state index >= 15 is 0 Å². The van der Waals surface area contributed by atoms with Gasteiger partial charge in [0.2, 0.25) is 0 Å². The summed E-state index contributed by atoms with van der Waals surface area (Å²) in [6.07, 6.45) is 1.73. The van der Waals surface area contributed by atoms with E-state index in [0.717, 1.165) is 29.5 Å². The number of carbonyl (C=O) groups excluding carboxylic acids is 1. The van der Waals surface area contributed by atoms with Gasteiger partial charge in [0, 0.05) is 29.7 Å². The van der Waals surface area contributed by atoms with Gasteiger partial charge in [0.1, 0.15) is 12.1 Å². The minimum atomic E-state index is -0.404. The minimum Gasteiger partial charge on any atom is -0.357 e. The summed E-state index contributed by atoms with van der Waals surface area (Å²) in [7, 11) is 0. The number of fused-ring (bicyclic) bond motifs is 3. The monoisotopic (exact) mass is 379 g/mol. The maximum atomic E-state index is 14.0. The zero-order valence-electron chi connectivity index (χ0n) is 16.3. The number of nitrogens with one attached hydrogen (secondary N) is 1. The predicted molar refractivity (Wildman–Crippen MR) is 110 cm³/mol. The third-order valence-corrected chi connectivity index (χ3v) is 5.84. The molecule has 0 saturated carbocycles. The van der Waals surface area contributed by atoms with Crippen molar-refractivity contribution in [2.75, 3.05) is 13.1 Å². The molecular formula is C23H26FN3O. The van der Waals surface area contributed by atoms with Crippen molar-refractivity contribution in [3.63, 3.8) is 0 Å². The molecule has 2 atom stereocenters. The fourth-order valence-corrected chi connectivity index (χ4v) is 4.35. The average Bonchev–Trinajstić information content (AvgIpc) is 3.06. The predicted octanol–water partition coefficient (Wildman–Crippen LogP) is 3.90. The van der Waals surface area contributed by atoms with Crippen LogP contribution >= 0.6 is 0 Å². The number of carbonyl (C=O) groups is 1. The second-order valence-electron chi connectivity index (χ2n) is 7.86. The summed E-state index contributed by atoms with van der Waals surface area (Å²) < 4.78 is 14.0. The standard InChI is InChI=1S/C23H26FN3O/c1-14(2)15-6-7-21-20(11-15)19-8-9-27(18(12-25)13-28)23(22(19)26-21)16-4-3-5-17(24)10-16/h3-7,10-11,13-14,18,23,26H,8-9,12,25H2,1-2H3. The van der Waals surface area contributed by atoms with Gasteiger partial charge in [-0.15, -0.1) is 0 Å². The van der Waals surface area contributed by atoms with Gasteiger partial charge in [-0.05, 0) is 53.3 Å². The van der Waals surface area contributed by atoms with Crippen LogP contribution in [0.15, 0.2) is 42.5 Å². The van der Waals surface area contributed by atoms with E-state index in [0.29, 0.717) is 12.5 Å². The Balaban J connectivity index is 1.91. The number of H-pyrrole nitrogens is 1. The first-order valence-corrected chi connectivity index (χ1v) is 9.84. The summed E-state index contributed by atoms with van der Waals surface area (Å²) in [6, 6.07) is 12.5. The Morgan fingerprint density at radius 2 is 2.11 bits per heavy atom. The van der Waals surface area contributed by atoms with Crippen molar-refractivity contribution in [1.82, 2.24) is 9.88 Å². The molecule has 3 aromatic rings. The maximum Gasteiger partial charge on any atom is 0.138 e. The average molecular weight is 379 g/mol. The molecule has 4 nitrogen and oxygen atoms in total. The second-order valence-corrected chi connectivity index (χ2v) is 7.86. The van der Waals surface area contributed by atoms with Crippen LogP contribution in [0.5, 0.6) is 0 Å². The van der Waals surface area contributed by atoms with E-state index in [4.69, 9.17) is 5.73 Å². The van der Waals surface area contributed by atoms with E-state index in [1.54, 1.807) is 12.1 Å². The SMILES string of the molecule is CC(C)c1ccc2[nH]c3c(c2c1)CCN(C(C=O)CN)C3c1cccc(F)c1. The van der Waals surface area contributed by atoms with Gasteiger partial charge in [0.05, 0.1) is 12.1 Å². The van der Waals surface area contributed by atoms with Crippen molar-refractivity contribution < 1.29 is 9.18 Å². The lowest BCUT2D eigenvalue weighted by Crippen LogP contribution is -2.47. The van der Waals surface area contributed by atoms with Gasteiger partial charge in [-0.3, -0.25) is 4.90 Å². The van der Waals surface area contributed by atoms with Crippen LogP contribution in [0.1, 0.15) is 48.2 Å². The van der Waals surface area contributed by atoms with E-state index in [1.165, 1.54) is 22.6 Å². The van der Waals surface area contributed by atoms with Crippen LogP contribution in [0.3, 0.4) is 0 Å². The summed E-state index contributed by atoms with van der Waals surface area (Å²) in [4.78, 5) is 17.3. The highest BCUT2D eigenvalue weighted by Crippen LogP contribution is 2.40. The molecule has 5 heteroatoms. The molecule has 0 radical (unpaired) electrons. The number of nitrogens with two attached hydrogens (primary N) is 1. The Morgan fingerprint density at radius 3 is 2.79 bits per heavy atom. The third-order valence-electron chi connectivity index (χ3n) is 5.84. The first kappa shape index (κ1) is 18.8. The fraction of sp³-hybridized carbons (Fsp3) is 0.348. The number of hydrogen-bond acceptors (Lipinski definition) is 3. The molecule has 1 aliphatic rings.